The summed E-state index contributed by atoms with van der Waals surface area (Å²) in [5, 5.41) is 10.3. The number of hydrogen-bond donors (Lipinski definition) is 2. The lowest BCUT2D eigenvalue weighted by Crippen LogP contribution is -2.46. The molecule has 11 heteroatoms. The second kappa shape index (κ2) is 8.27. The number of fused-ring (bicyclic) bond motifs is 1. The molecule has 33 heavy (non-hydrogen) atoms. The zero-order chi connectivity index (χ0) is 24.7. The predicted molar refractivity (Wildman–Crippen MR) is 108 cm³/mol. The molecule has 0 aromatic heterocycles. The Morgan fingerprint density at radius 2 is 1.85 bits per heavy atom. The summed E-state index contributed by atoms with van der Waals surface area (Å²) in [6.45, 7) is 3.03. The number of amides is 2. The van der Waals surface area contributed by atoms with Gasteiger partial charge in [-0.05, 0) is 31.6 Å². The van der Waals surface area contributed by atoms with E-state index in [1.54, 1.807) is 0 Å². The predicted octanol–water partition coefficient (Wildman–Crippen LogP) is 1.73. The number of primary amides is 2. The largest absolute Gasteiger partial charge is 0.462 e. The highest BCUT2D eigenvalue weighted by Gasteiger charge is 2.67. The van der Waals surface area contributed by atoms with Crippen LogP contribution in [0.1, 0.15) is 30.9 Å². The van der Waals surface area contributed by atoms with Gasteiger partial charge >= 0.3 is 12.1 Å². The molecule has 0 saturated carbocycles. The second-order valence-electron chi connectivity index (χ2n) is 8.04. The van der Waals surface area contributed by atoms with Gasteiger partial charge in [-0.15, -0.1) is 0 Å². The SMILES string of the molecule is CC(C)OC(=O)[C@@]1(C#N)[C@@H](c2ccccc2C(F)(F)F)[C@@H](C(N)=O)N2C=C(C(N)=O)C=C[C@@H]21. The molecule has 2 amide bonds. The summed E-state index contributed by atoms with van der Waals surface area (Å²) in [6, 6.07) is 3.36. The number of rotatable bonds is 5. The Morgan fingerprint density at radius 1 is 1.21 bits per heavy atom. The zero-order valence-corrected chi connectivity index (χ0v) is 17.7. The highest BCUT2D eigenvalue weighted by atomic mass is 19.4. The Balaban J connectivity index is 2.38. The van der Waals surface area contributed by atoms with Gasteiger partial charge in [-0.2, -0.15) is 18.4 Å². The molecule has 4 atom stereocenters. The normalized spacial score (nSPS) is 26.4. The zero-order valence-electron chi connectivity index (χ0n) is 17.7. The van der Waals surface area contributed by atoms with E-state index in [2.05, 4.69) is 0 Å². The maximum absolute atomic E-state index is 13.9. The average molecular weight is 462 g/mol. The van der Waals surface area contributed by atoms with Gasteiger partial charge in [0.05, 0.1) is 29.4 Å². The second-order valence-corrected chi connectivity index (χ2v) is 8.04. The number of carbonyl (C=O) groups excluding carboxylic acids is 3. The number of hydrogen-bond acceptors (Lipinski definition) is 6. The Labute approximate surface area is 187 Å². The van der Waals surface area contributed by atoms with Crippen molar-refractivity contribution in [2.45, 2.75) is 44.1 Å². The van der Waals surface area contributed by atoms with Crippen LogP contribution < -0.4 is 11.5 Å². The first-order valence-corrected chi connectivity index (χ1v) is 9.91. The Bertz CT molecular complexity index is 1110. The standard InChI is InChI=1S/C22H21F3N4O4/c1-11(2)33-20(32)21(10-26)15-8-7-12(18(27)30)9-29(15)17(19(28)31)16(21)13-5-3-4-6-14(13)22(23,24)25/h3-9,11,15-17H,1-2H3,(H2,27,30)(H2,28,31)/t15-,16+,17+,21-/m1/s1. The van der Waals surface area contributed by atoms with Crippen LogP contribution in [0.2, 0.25) is 0 Å². The van der Waals surface area contributed by atoms with E-state index in [-0.39, 0.29) is 5.57 Å². The number of alkyl halides is 3. The lowest BCUT2D eigenvalue weighted by molar-refractivity contribution is -0.158. The molecule has 1 aromatic carbocycles. The van der Waals surface area contributed by atoms with Crippen LogP contribution in [0, 0.1) is 16.7 Å². The highest BCUT2D eigenvalue weighted by molar-refractivity contribution is 5.96. The summed E-state index contributed by atoms with van der Waals surface area (Å²) in [4.78, 5) is 38.8. The van der Waals surface area contributed by atoms with Gasteiger partial charge in [-0.25, -0.2) is 0 Å². The monoisotopic (exact) mass is 462 g/mol. The number of halogens is 3. The van der Waals surface area contributed by atoms with E-state index >= 15 is 0 Å². The van der Waals surface area contributed by atoms with E-state index in [1.807, 2.05) is 6.07 Å². The van der Waals surface area contributed by atoms with E-state index in [9.17, 15) is 32.8 Å². The van der Waals surface area contributed by atoms with Crippen LogP contribution in [0.15, 0.2) is 48.2 Å². The topological polar surface area (TPSA) is 140 Å². The minimum absolute atomic E-state index is 0.0775. The van der Waals surface area contributed by atoms with E-state index in [0.29, 0.717) is 0 Å². The van der Waals surface area contributed by atoms with Gasteiger partial charge in [0.25, 0.3) is 0 Å². The Morgan fingerprint density at radius 3 is 2.36 bits per heavy atom. The molecule has 0 aliphatic carbocycles. The summed E-state index contributed by atoms with van der Waals surface area (Å²) < 4.78 is 47.0. The molecule has 174 valence electrons. The summed E-state index contributed by atoms with van der Waals surface area (Å²) >= 11 is 0. The van der Waals surface area contributed by atoms with Crippen LogP contribution in [-0.2, 0) is 25.3 Å². The third-order valence-electron chi connectivity index (χ3n) is 5.70. The van der Waals surface area contributed by atoms with Crippen LogP contribution >= 0.6 is 0 Å². The van der Waals surface area contributed by atoms with E-state index in [1.165, 1.54) is 32.1 Å². The van der Waals surface area contributed by atoms with Gasteiger partial charge in [-0.1, -0.05) is 24.3 Å². The number of nitrogens with zero attached hydrogens (tertiary/aromatic N) is 2. The molecule has 2 aliphatic rings. The first-order valence-electron chi connectivity index (χ1n) is 9.91. The molecule has 3 rings (SSSR count). The smallest absolute Gasteiger partial charge is 0.416 e. The maximum atomic E-state index is 13.9. The average Bonchev–Trinajstić information content (AvgIpc) is 3.03. The van der Waals surface area contributed by atoms with Crippen molar-refractivity contribution in [1.82, 2.24) is 4.90 Å². The fourth-order valence-electron chi connectivity index (χ4n) is 4.46. The molecule has 0 unspecified atom stereocenters. The van der Waals surface area contributed by atoms with Gasteiger partial charge in [0, 0.05) is 12.1 Å². The molecular formula is C22H21F3N4O4. The molecule has 1 fully saturated rings. The molecule has 0 spiro atoms. The van der Waals surface area contributed by atoms with Gasteiger partial charge in [-0.3, -0.25) is 14.4 Å². The van der Waals surface area contributed by atoms with Crippen LogP contribution in [0.25, 0.3) is 0 Å². The fourth-order valence-corrected chi connectivity index (χ4v) is 4.46. The number of nitriles is 1. The fraction of sp³-hybridized carbons (Fsp3) is 0.364. The number of carbonyl (C=O) groups is 3. The maximum Gasteiger partial charge on any atom is 0.416 e. The third kappa shape index (κ3) is 3.82. The van der Waals surface area contributed by atoms with Crippen molar-refractivity contribution in [2.75, 3.05) is 0 Å². The van der Waals surface area contributed by atoms with Crippen molar-refractivity contribution in [3.63, 3.8) is 0 Å². The lowest BCUT2D eigenvalue weighted by atomic mass is 9.67. The van der Waals surface area contributed by atoms with Gasteiger partial charge in [0.15, 0.2) is 5.41 Å². The molecular weight excluding hydrogens is 441 g/mol. The number of ether oxygens (including phenoxy) is 1. The molecule has 8 nitrogen and oxygen atoms in total. The third-order valence-corrected chi connectivity index (χ3v) is 5.70. The quantitative estimate of drug-likeness (QED) is 0.639. The molecule has 0 bridgehead atoms. The molecule has 1 saturated heterocycles. The lowest BCUT2D eigenvalue weighted by Gasteiger charge is -2.33. The number of esters is 1. The van der Waals surface area contributed by atoms with Crippen LogP contribution in [0.4, 0.5) is 13.2 Å². The summed E-state index contributed by atoms with van der Waals surface area (Å²) in [6.07, 6.45) is -1.90. The van der Waals surface area contributed by atoms with Crippen molar-refractivity contribution in [2.24, 2.45) is 16.9 Å². The van der Waals surface area contributed by atoms with Crippen molar-refractivity contribution in [3.8, 4) is 6.07 Å². The molecule has 4 N–H and O–H groups in total. The van der Waals surface area contributed by atoms with Gasteiger partial charge in [0.1, 0.15) is 6.04 Å². The van der Waals surface area contributed by atoms with Crippen LogP contribution in [0.3, 0.4) is 0 Å². The van der Waals surface area contributed by atoms with Crippen LogP contribution in [0.5, 0.6) is 0 Å². The molecule has 2 heterocycles. The van der Waals surface area contributed by atoms with Gasteiger partial charge in [0.2, 0.25) is 11.8 Å². The Hall–Kier alpha value is -3.81. The van der Waals surface area contributed by atoms with E-state index in [0.717, 1.165) is 29.3 Å². The first kappa shape index (κ1) is 23.8. The molecule has 0 radical (unpaired) electrons. The summed E-state index contributed by atoms with van der Waals surface area (Å²) in [7, 11) is 0. The molecule has 1 aromatic rings. The summed E-state index contributed by atoms with van der Waals surface area (Å²) in [5.41, 5.74) is 6.96. The molecule has 2 aliphatic heterocycles. The van der Waals surface area contributed by atoms with Crippen molar-refractivity contribution < 1.29 is 32.3 Å². The first-order chi connectivity index (χ1) is 15.4. The van der Waals surface area contributed by atoms with Crippen molar-refractivity contribution in [3.05, 3.63) is 59.3 Å². The van der Waals surface area contributed by atoms with Crippen LogP contribution in [-0.4, -0.2) is 40.9 Å². The summed E-state index contributed by atoms with van der Waals surface area (Å²) in [5.74, 6) is -4.74. The minimum atomic E-state index is -4.85. The van der Waals surface area contributed by atoms with E-state index in [4.69, 9.17) is 16.2 Å². The van der Waals surface area contributed by atoms with Crippen molar-refractivity contribution in [1.29, 1.82) is 5.26 Å². The minimum Gasteiger partial charge on any atom is -0.462 e. The van der Waals surface area contributed by atoms with Gasteiger partial charge < -0.3 is 21.1 Å². The highest BCUT2D eigenvalue weighted by Crippen LogP contribution is 2.55. The van der Waals surface area contributed by atoms with Crippen molar-refractivity contribution >= 4 is 17.8 Å². The number of nitrogens with two attached hydrogens (primary N) is 2. The number of benzene rings is 1. The van der Waals surface area contributed by atoms with E-state index < -0.39 is 64.6 Å². The Kier molecular flexibility index (Phi) is 5.98.